The lowest BCUT2D eigenvalue weighted by Crippen LogP contribution is -2.41. The van der Waals surface area contributed by atoms with Crippen molar-refractivity contribution >= 4 is 160 Å². The van der Waals surface area contributed by atoms with Gasteiger partial charge < -0.3 is 192 Å². The van der Waals surface area contributed by atoms with Crippen molar-refractivity contribution in [1.82, 2.24) is 107 Å². The van der Waals surface area contributed by atoms with Crippen LogP contribution in [0.2, 0.25) is 0 Å². The van der Waals surface area contributed by atoms with Crippen LogP contribution < -0.4 is 70.1 Å². The van der Waals surface area contributed by atoms with Crippen LogP contribution in [-0.4, -0.2) is 323 Å². The van der Waals surface area contributed by atoms with E-state index in [9.17, 15) is 47.6 Å². The maximum Gasteiger partial charge on any atom is 0.351 e. The first-order valence-electron chi connectivity index (χ1n) is 42.6. The molecular weight excluding hydrogens is 2090 g/mol. The minimum atomic E-state index is -6.13. The zero-order valence-electron chi connectivity index (χ0n) is 75.4. The standard InChI is InChI=1S/C70H94N28O38P6S2/c1-27-41(47(112-2)64(124-27)98-26-89-40-61(98)91-69(76)92-62(40)100)131-137(102,103)119-13-30-42(48(113-3)65(126-30)94-22-85-36-53(72)77-18-81-57(36)94)132-138(104,105)120-14-31-43(49(114-4)66(127-31)95-23-86-37-54(73)78-19-82-58(37)95)133-139(106,107)121-15-32-44(50(115-5)67(128-32)96-24-87-38-55(74)79-20-83-59(38)96)134-140(108,109)122-16-33-45(51(116-6)63(125-33)93-10-8-35(71)90-70(93)101)135-141(110,143)123-17-34-46(136-142(111,144)130-28-9-11-118-29(28)12-99)52(117-7)68(129-34)97-25-88-39-56(75)80-21-84-60(39)97/h8,10,18-34,41-52,63-68,99H,9,11-17H2,1-7H3,(H,102,103)(H,104,105)(H,106,107)(H,108,109)(H,110,143)(H,111,144)(H2,71,90,101)(H2,72,77,81)(H2,73,78,82)(H2,74,79,83)(H2,75,80,84)(H3,76,91,92,100)/p-6/t27-,28+,29+,30-,31-,32-,33-,34-,41?,42?,43?,44?,45?,46?,47+,48+,49+,50+,51+,52+,63-,64-,65-,66-,67-,68-,141?,142?/m1/s1. The summed E-state index contributed by atoms with van der Waals surface area (Å²) in [7, 11) is -17.1. The van der Waals surface area contributed by atoms with Gasteiger partial charge in [-0.25, -0.2) is 69.6 Å². The highest BCUT2D eigenvalue weighted by Crippen LogP contribution is 2.58. The third-order valence-electron chi connectivity index (χ3n) is 24.1. The molecule has 0 saturated carbocycles. The van der Waals surface area contributed by atoms with E-state index in [0.717, 1.165) is 77.2 Å². The summed E-state index contributed by atoms with van der Waals surface area (Å²) in [5, 5.41) is 10.00. The second kappa shape index (κ2) is 42.3. The van der Waals surface area contributed by atoms with Crippen LogP contribution in [0.5, 0.6) is 0 Å². The third kappa shape index (κ3) is 21.3. The van der Waals surface area contributed by atoms with Gasteiger partial charge in [0.2, 0.25) is 12.7 Å². The number of nitrogens with one attached hydrogen (secondary N) is 1. The normalized spacial score (nSPS) is 32.0. The van der Waals surface area contributed by atoms with Crippen LogP contribution in [0.1, 0.15) is 50.7 Å². The van der Waals surface area contributed by atoms with Crippen molar-refractivity contribution in [3.8, 4) is 0 Å². The van der Waals surface area contributed by atoms with E-state index in [1.807, 2.05) is 0 Å². The van der Waals surface area contributed by atoms with Gasteiger partial charge in [0.25, 0.3) is 36.9 Å². The third-order valence-corrected chi connectivity index (χ3v) is 31.0. The molecule has 11 aromatic rings. The number of imidazole rings is 5. The SMILES string of the molecule is CO[C@H]1C(OP([O-])(=S)OC[C@H]2O[C@@H](n3cnc4c(N)ncnc43)[C@@H](OC)C2OP(=O)([S-])O[C@H]2CCO[C@H]2CO)[C@@H](COP(=O)([O-])OC2[C@@H](COP(=O)([O-])OC3[C@@H](COP(=O)([O-])OC4[C@@H](COP(=O)([O-])OC5[C@@H](C)O[C@@H](n6cnc7c(=O)[nH]c(N)nc76)[C@H]5OC)O[C@@H](n5cnc6c(N)ncnc65)[C@H]4OC)O[C@@H](n4cnc5c(N)ncnc54)[C@H]3OC)O[C@@H](n3cnc4c(N)ncnc43)[C@H]2OC)O[C@H]1n1ccc(N)nc1=O. The predicted octanol–water partition coefficient (Wildman–Crippen LogP) is -4.60. The number of aliphatic hydroxyl groups is 1. The monoisotopic (exact) mass is 2180 g/mol. The van der Waals surface area contributed by atoms with Crippen LogP contribution >= 0.6 is 44.8 Å². The van der Waals surface area contributed by atoms with Gasteiger partial charge in [0.15, 0.2) is 94.4 Å². The number of hydrogen-bond donors (Lipinski definition) is 8. The molecule has 7 saturated heterocycles. The first kappa shape index (κ1) is 105. The van der Waals surface area contributed by atoms with Crippen LogP contribution in [0.3, 0.4) is 0 Å². The molecule has 7 aliphatic heterocycles. The Balaban J connectivity index is 0.598. The van der Waals surface area contributed by atoms with Gasteiger partial charge in [0.05, 0.1) is 83.5 Å². The number of fused-ring (bicyclic) bond motifs is 5. The number of nitrogens with two attached hydrogens (primary N) is 6. The van der Waals surface area contributed by atoms with Gasteiger partial charge in [0.1, 0.15) is 170 Å². The first-order chi connectivity index (χ1) is 68.6. The number of phosphoric acid groups is 4. The van der Waals surface area contributed by atoms with Crippen LogP contribution in [0.25, 0.3) is 55.8 Å². The van der Waals surface area contributed by atoms with Crippen molar-refractivity contribution in [2.75, 3.05) is 123 Å². The minimum Gasteiger partial charge on any atom is -0.780 e. The van der Waals surface area contributed by atoms with Crippen LogP contribution in [0, 0.1) is 0 Å². The Hall–Kier alpha value is -8.86. The van der Waals surface area contributed by atoms with E-state index in [0.29, 0.717) is 0 Å². The Labute approximate surface area is 817 Å². The molecule has 32 atom stereocenters. The van der Waals surface area contributed by atoms with Crippen molar-refractivity contribution in [3.63, 3.8) is 0 Å². The summed E-state index contributed by atoms with van der Waals surface area (Å²) in [6.45, 7) is -14.7. The lowest BCUT2D eigenvalue weighted by Gasteiger charge is -2.36. The van der Waals surface area contributed by atoms with Crippen molar-refractivity contribution in [2.45, 2.75) is 173 Å². The van der Waals surface area contributed by atoms with E-state index in [4.69, 9.17) is 174 Å². The van der Waals surface area contributed by atoms with Gasteiger partial charge in [-0.3, -0.25) is 60.0 Å². The molecule has 7 fully saturated rings. The molecule has 18 rings (SSSR count). The molecule has 0 amide bonds. The number of hydrogen-bond acceptors (Lipinski definition) is 61. The highest BCUT2D eigenvalue weighted by atomic mass is 32.7. The second-order valence-electron chi connectivity index (χ2n) is 32.5. The number of ether oxygens (including phenoxy) is 13. The topological polar surface area (TPSA) is 881 Å². The Morgan fingerprint density at radius 1 is 0.410 bits per heavy atom. The number of aromatic amines is 1. The summed E-state index contributed by atoms with van der Waals surface area (Å²) >= 11 is 10.9. The molecule has 12 unspecified atom stereocenters. The Morgan fingerprint density at radius 3 is 1.09 bits per heavy atom. The molecular formula is C70H88N28O38P6S2-6. The number of H-pyrrole nitrogens is 1. The molecule has 0 spiro atoms. The zero-order valence-corrected chi connectivity index (χ0v) is 82.4. The molecule has 18 heterocycles. The van der Waals surface area contributed by atoms with Gasteiger partial charge in [-0.2, -0.15) is 9.97 Å². The van der Waals surface area contributed by atoms with E-state index < -0.39 is 255 Å². The number of nitrogens with zero attached hydrogens (tertiary/aromatic N) is 21. The minimum absolute atomic E-state index is 0.00843. The number of phosphoric ester groups is 4. The molecule has 7 aliphatic rings. The summed E-state index contributed by atoms with van der Waals surface area (Å²) in [5.41, 5.74) is 34.5. The Bertz CT molecular complexity index is 6970. The largest absolute Gasteiger partial charge is 0.780 e. The number of rotatable bonds is 42. The molecule has 0 bridgehead atoms. The fourth-order valence-corrected chi connectivity index (χ4v) is 24.6. The Morgan fingerprint density at radius 2 is 0.729 bits per heavy atom. The summed E-state index contributed by atoms with van der Waals surface area (Å²) in [6, 6.07) is 1.18. The number of aromatic nitrogens is 22. The van der Waals surface area contributed by atoms with Crippen LogP contribution in [0.15, 0.2) is 78.8 Å². The summed E-state index contributed by atoms with van der Waals surface area (Å²) in [6.07, 6.45) is -30.7. The average molecular weight is 2180 g/mol. The molecule has 11 aromatic heterocycles. The molecule has 0 aromatic carbocycles. The number of nitrogen functional groups attached to an aromatic ring is 6. The highest BCUT2D eigenvalue weighted by molar-refractivity contribution is 8.32. The summed E-state index contributed by atoms with van der Waals surface area (Å²) < 4.78 is 228. The van der Waals surface area contributed by atoms with Gasteiger partial charge in [-0.15, -0.1) is 0 Å². The average Bonchev–Trinajstić information content (AvgIpc) is 2.04. The van der Waals surface area contributed by atoms with Crippen molar-refractivity contribution in [1.29, 1.82) is 0 Å². The number of methoxy groups -OCH3 is 6. The fourth-order valence-electron chi connectivity index (χ4n) is 17.6. The van der Waals surface area contributed by atoms with Crippen molar-refractivity contribution in [3.05, 3.63) is 90.0 Å². The van der Waals surface area contributed by atoms with E-state index >= 15 is 14.4 Å². The maximum atomic E-state index is 15.0. The fraction of sp³-hybridized carbons (Fsp3) is 0.586. The van der Waals surface area contributed by atoms with E-state index in [2.05, 4.69) is 79.7 Å². The summed E-state index contributed by atoms with van der Waals surface area (Å²) in [5.74, 6) is -0.990. The number of anilines is 6. The van der Waals surface area contributed by atoms with Gasteiger partial charge in [0, 0.05) is 61.9 Å². The lowest BCUT2D eigenvalue weighted by atomic mass is 10.1. The first-order valence-corrected chi connectivity index (χ1v) is 53.6. The highest BCUT2D eigenvalue weighted by Gasteiger charge is 2.58. The van der Waals surface area contributed by atoms with Gasteiger partial charge in [-0.1, -0.05) is 11.8 Å². The second-order valence-corrected chi connectivity index (χ2v) is 43.3. The maximum absolute atomic E-state index is 15.0. The molecule has 74 heteroatoms. The molecule has 784 valence electrons. The quantitative estimate of drug-likeness (QED) is 0.0132. The molecule has 14 N–H and O–H groups in total. The molecule has 66 nitrogen and oxygen atoms in total. The smallest absolute Gasteiger partial charge is 0.351 e. The van der Waals surface area contributed by atoms with Crippen LogP contribution in [-0.2, 0) is 163 Å². The predicted molar refractivity (Wildman–Crippen MR) is 473 cm³/mol. The van der Waals surface area contributed by atoms with E-state index in [1.54, 1.807) is 0 Å². The van der Waals surface area contributed by atoms with E-state index in [1.165, 1.54) is 69.0 Å². The van der Waals surface area contributed by atoms with E-state index in [-0.39, 0.29) is 104 Å². The summed E-state index contributed by atoms with van der Waals surface area (Å²) in [4.78, 5) is 165. The van der Waals surface area contributed by atoms with Gasteiger partial charge in [-0.05, 0) is 13.0 Å². The molecule has 0 radical (unpaired) electrons. The lowest BCUT2D eigenvalue weighted by molar-refractivity contribution is -0.241. The van der Waals surface area contributed by atoms with Gasteiger partial charge >= 0.3 is 5.69 Å². The van der Waals surface area contributed by atoms with Crippen LogP contribution in [0.4, 0.5) is 35.0 Å². The molecule has 144 heavy (non-hydrogen) atoms. The number of aliphatic hydroxyl groups excluding tert-OH is 1. The molecule has 0 aliphatic carbocycles. The van der Waals surface area contributed by atoms with Crippen molar-refractivity contribution < 1.29 is 168 Å². The zero-order chi connectivity index (χ0) is 102. The Kier molecular flexibility index (Phi) is 30.8. The van der Waals surface area contributed by atoms with Crippen molar-refractivity contribution in [2.24, 2.45) is 0 Å².